The van der Waals surface area contributed by atoms with Crippen molar-refractivity contribution in [2.45, 2.75) is 0 Å². The van der Waals surface area contributed by atoms with E-state index in [9.17, 15) is 9.18 Å². The Morgan fingerprint density at radius 1 is 1.62 bits per heavy atom. The Hall–Kier alpha value is -1.53. The molecular formula is C10H10FNO3S. The molecule has 1 aromatic rings. The molecular weight excluding hydrogens is 233 g/mol. The van der Waals surface area contributed by atoms with Crippen LogP contribution in [0.25, 0.3) is 0 Å². The Balaban J connectivity index is 2.77. The number of carbonyl (C=O) groups excluding carboxylic acids is 1. The zero-order chi connectivity index (χ0) is 12.1. The summed E-state index contributed by atoms with van der Waals surface area (Å²) >= 11 is 4.83. The van der Waals surface area contributed by atoms with Gasteiger partial charge >= 0.3 is 0 Å². The number of phenolic OH excluding ortho intramolecular Hbond substituents is 1. The van der Waals surface area contributed by atoms with Crippen molar-refractivity contribution in [3.63, 3.8) is 0 Å². The molecule has 0 unspecified atom stereocenters. The van der Waals surface area contributed by atoms with Gasteiger partial charge in [-0.15, -0.1) is 0 Å². The SMILES string of the molecule is COCC(=O)NC(=S)c1ccc(O)cc1F. The molecule has 0 aliphatic rings. The second-order valence-corrected chi connectivity index (χ2v) is 3.38. The fourth-order valence-corrected chi connectivity index (χ4v) is 1.33. The minimum absolute atomic E-state index is 0.0421. The van der Waals surface area contributed by atoms with Crippen molar-refractivity contribution in [1.82, 2.24) is 5.32 Å². The number of ether oxygens (including phenoxy) is 1. The molecule has 0 heterocycles. The lowest BCUT2D eigenvalue weighted by Gasteiger charge is -2.07. The number of carbonyl (C=O) groups is 1. The first-order chi connectivity index (χ1) is 7.54. The molecule has 2 N–H and O–H groups in total. The molecule has 0 atom stereocenters. The van der Waals surface area contributed by atoms with Crippen molar-refractivity contribution in [2.24, 2.45) is 0 Å². The van der Waals surface area contributed by atoms with E-state index in [2.05, 4.69) is 10.1 Å². The van der Waals surface area contributed by atoms with Gasteiger partial charge in [-0.25, -0.2) is 4.39 Å². The van der Waals surface area contributed by atoms with Gasteiger partial charge in [-0.2, -0.15) is 0 Å². The molecule has 1 aromatic carbocycles. The van der Waals surface area contributed by atoms with E-state index in [0.717, 1.165) is 6.07 Å². The molecule has 0 saturated carbocycles. The number of aromatic hydroxyl groups is 1. The summed E-state index contributed by atoms with van der Waals surface area (Å²) in [7, 11) is 1.36. The van der Waals surface area contributed by atoms with E-state index in [1.54, 1.807) is 0 Å². The van der Waals surface area contributed by atoms with Gasteiger partial charge in [0.05, 0.1) is 0 Å². The maximum absolute atomic E-state index is 13.3. The summed E-state index contributed by atoms with van der Waals surface area (Å²) in [4.78, 5) is 11.1. The van der Waals surface area contributed by atoms with E-state index < -0.39 is 11.7 Å². The van der Waals surface area contributed by atoms with Gasteiger partial charge in [0, 0.05) is 18.7 Å². The van der Waals surface area contributed by atoms with Crippen LogP contribution < -0.4 is 5.32 Å². The molecule has 86 valence electrons. The zero-order valence-corrected chi connectivity index (χ0v) is 9.31. The van der Waals surface area contributed by atoms with E-state index in [-0.39, 0.29) is 22.9 Å². The molecule has 4 nitrogen and oxygen atoms in total. The largest absolute Gasteiger partial charge is 0.508 e. The Labute approximate surface area is 97.0 Å². The van der Waals surface area contributed by atoms with Crippen LogP contribution in [0.4, 0.5) is 4.39 Å². The molecule has 6 heteroatoms. The minimum atomic E-state index is -0.692. The summed E-state index contributed by atoms with van der Waals surface area (Å²) in [5, 5.41) is 11.3. The number of nitrogens with one attached hydrogen (secondary N) is 1. The first-order valence-electron chi connectivity index (χ1n) is 4.36. The summed E-state index contributed by atoms with van der Waals surface area (Å²) in [5.41, 5.74) is 0.0530. The number of thiocarbonyl (C=S) groups is 1. The Morgan fingerprint density at radius 3 is 2.88 bits per heavy atom. The van der Waals surface area contributed by atoms with Crippen LogP contribution in [0.2, 0.25) is 0 Å². The lowest BCUT2D eigenvalue weighted by atomic mass is 10.2. The fraction of sp³-hybridized carbons (Fsp3) is 0.200. The van der Waals surface area contributed by atoms with Crippen LogP contribution >= 0.6 is 12.2 Å². The number of hydrogen-bond acceptors (Lipinski definition) is 4. The maximum atomic E-state index is 13.3. The maximum Gasteiger partial charge on any atom is 0.250 e. The van der Waals surface area contributed by atoms with Gasteiger partial charge in [0.2, 0.25) is 0 Å². The van der Waals surface area contributed by atoms with Crippen molar-refractivity contribution in [3.05, 3.63) is 29.6 Å². The van der Waals surface area contributed by atoms with Crippen LogP contribution in [0.1, 0.15) is 5.56 Å². The summed E-state index contributed by atoms with van der Waals surface area (Å²) in [6.07, 6.45) is 0. The highest BCUT2D eigenvalue weighted by Crippen LogP contribution is 2.15. The van der Waals surface area contributed by atoms with E-state index >= 15 is 0 Å². The highest BCUT2D eigenvalue weighted by atomic mass is 32.1. The quantitative estimate of drug-likeness (QED) is 0.777. The van der Waals surface area contributed by atoms with Crippen LogP contribution in [-0.2, 0) is 9.53 Å². The number of benzene rings is 1. The number of amides is 1. The van der Waals surface area contributed by atoms with Gasteiger partial charge in [0.25, 0.3) is 5.91 Å². The molecule has 0 fully saturated rings. The smallest absolute Gasteiger partial charge is 0.250 e. The lowest BCUT2D eigenvalue weighted by molar-refractivity contribution is -0.123. The van der Waals surface area contributed by atoms with Gasteiger partial charge in [0.1, 0.15) is 23.2 Å². The Bertz CT molecular complexity index is 423. The molecule has 0 aliphatic carbocycles. The van der Waals surface area contributed by atoms with Crippen LogP contribution in [0.5, 0.6) is 5.75 Å². The average molecular weight is 243 g/mol. The normalized spacial score (nSPS) is 9.88. The van der Waals surface area contributed by atoms with Crippen LogP contribution in [0, 0.1) is 5.82 Å². The van der Waals surface area contributed by atoms with Gasteiger partial charge < -0.3 is 15.2 Å². The van der Waals surface area contributed by atoms with E-state index in [1.807, 2.05) is 0 Å². The van der Waals surface area contributed by atoms with Crippen molar-refractivity contribution < 1.29 is 19.0 Å². The molecule has 0 bridgehead atoms. The summed E-state index contributed by atoms with van der Waals surface area (Å²) in [6, 6.07) is 3.50. The monoisotopic (exact) mass is 243 g/mol. The van der Waals surface area contributed by atoms with Crippen LogP contribution in [0.15, 0.2) is 18.2 Å². The van der Waals surface area contributed by atoms with E-state index in [0.29, 0.717) is 0 Å². The third-order valence-electron chi connectivity index (χ3n) is 1.73. The molecule has 1 amide bonds. The van der Waals surface area contributed by atoms with Crippen LogP contribution in [0.3, 0.4) is 0 Å². The van der Waals surface area contributed by atoms with Crippen molar-refractivity contribution >= 4 is 23.1 Å². The number of rotatable bonds is 3. The van der Waals surface area contributed by atoms with Gasteiger partial charge in [0.15, 0.2) is 0 Å². The highest BCUT2D eigenvalue weighted by molar-refractivity contribution is 7.80. The van der Waals surface area contributed by atoms with E-state index in [4.69, 9.17) is 17.3 Å². The third-order valence-corrected chi connectivity index (χ3v) is 2.05. The molecule has 0 spiro atoms. The zero-order valence-electron chi connectivity index (χ0n) is 8.49. The predicted octanol–water partition coefficient (Wildman–Crippen LogP) is 0.969. The fourth-order valence-electron chi connectivity index (χ4n) is 1.05. The number of halogens is 1. The third kappa shape index (κ3) is 3.25. The standard InChI is InChI=1S/C10H10FNO3S/c1-15-5-9(14)12-10(16)7-3-2-6(13)4-8(7)11/h2-4,13H,5H2,1H3,(H,12,14,16). The first kappa shape index (κ1) is 12.5. The second kappa shape index (κ2) is 5.53. The van der Waals surface area contributed by atoms with Crippen molar-refractivity contribution in [1.29, 1.82) is 0 Å². The van der Waals surface area contributed by atoms with E-state index in [1.165, 1.54) is 19.2 Å². The molecule has 1 rings (SSSR count). The first-order valence-corrected chi connectivity index (χ1v) is 4.77. The van der Waals surface area contributed by atoms with Gasteiger partial charge in [-0.3, -0.25) is 4.79 Å². The van der Waals surface area contributed by atoms with Gasteiger partial charge in [-0.05, 0) is 12.1 Å². The molecule has 0 aromatic heterocycles. The Kier molecular flexibility index (Phi) is 4.33. The summed E-state index contributed by atoms with van der Waals surface area (Å²) < 4.78 is 17.9. The molecule has 0 radical (unpaired) electrons. The number of methoxy groups -OCH3 is 1. The average Bonchev–Trinajstić information content (AvgIpc) is 2.17. The van der Waals surface area contributed by atoms with Gasteiger partial charge in [-0.1, -0.05) is 12.2 Å². The summed E-state index contributed by atoms with van der Waals surface area (Å²) in [5.74, 6) is -1.35. The number of phenols is 1. The topological polar surface area (TPSA) is 58.6 Å². The molecule has 0 saturated heterocycles. The lowest BCUT2D eigenvalue weighted by Crippen LogP contribution is -2.32. The molecule has 0 aliphatic heterocycles. The summed E-state index contributed by atoms with van der Waals surface area (Å²) in [6.45, 7) is -0.153. The predicted molar refractivity (Wildman–Crippen MR) is 59.8 cm³/mol. The van der Waals surface area contributed by atoms with Crippen molar-refractivity contribution in [2.75, 3.05) is 13.7 Å². The second-order valence-electron chi connectivity index (χ2n) is 2.97. The highest BCUT2D eigenvalue weighted by Gasteiger charge is 2.11. The van der Waals surface area contributed by atoms with Crippen molar-refractivity contribution in [3.8, 4) is 5.75 Å². The molecule has 16 heavy (non-hydrogen) atoms. The number of hydrogen-bond donors (Lipinski definition) is 2. The minimum Gasteiger partial charge on any atom is -0.508 e. The van der Waals surface area contributed by atoms with Crippen LogP contribution in [-0.4, -0.2) is 29.7 Å². The Morgan fingerprint density at radius 2 is 2.31 bits per heavy atom.